The summed E-state index contributed by atoms with van der Waals surface area (Å²) < 4.78 is 38.1. The molecule has 0 bridgehead atoms. The maximum atomic E-state index is 12.7. The summed E-state index contributed by atoms with van der Waals surface area (Å²) in [5.41, 5.74) is -0.816. The molecule has 0 saturated heterocycles. The first kappa shape index (κ1) is 16.8. The zero-order valence-electron chi connectivity index (χ0n) is 11.8. The van der Waals surface area contributed by atoms with Gasteiger partial charge in [0.15, 0.2) is 0 Å². The zero-order valence-corrected chi connectivity index (χ0v) is 11.8. The van der Waals surface area contributed by atoms with E-state index in [1.807, 2.05) is 0 Å². The normalized spacial score (nSPS) is 12.7. The lowest BCUT2D eigenvalue weighted by atomic mass is 10.1. The van der Waals surface area contributed by atoms with Gasteiger partial charge in [-0.2, -0.15) is 13.2 Å². The van der Waals surface area contributed by atoms with E-state index in [4.69, 9.17) is 0 Å². The summed E-state index contributed by atoms with van der Waals surface area (Å²) in [4.78, 5) is 11.8. The highest BCUT2D eigenvalue weighted by Gasteiger charge is 2.34. The Labute approximate surface area is 130 Å². The molecule has 0 saturated carbocycles. The predicted octanol–water partition coefficient (Wildman–Crippen LogP) is 3.47. The first-order valence-corrected chi connectivity index (χ1v) is 6.70. The van der Waals surface area contributed by atoms with Crippen LogP contribution in [0.2, 0.25) is 0 Å². The van der Waals surface area contributed by atoms with Crippen LogP contribution in [0.5, 0.6) is 5.75 Å². The van der Waals surface area contributed by atoms with Crippen LogP contribution in [0.25, 0.3) is 0 Å². The number of phenolic OH excluding ortho intramolecular Hbond substituents is 1. The highest BCUT2D eigenvalue weighted by Crippen LogP contribution is 2.37. The summed E-state index contributed by atoms with van der Waals surface area (Å²) in [7, 11) is 0. The average Bonchev–Trinajstić information content (AvgIpc) is 2.49. The van der Waals surface area contributed by atoms with Crippen LogP contribution in [0.1, 0.15) is 23.7 Å². The number of alkyl halides is 3. The number of benzene rings is 2. The molecule has 0 aliphatic heterocycles. The van der Waals surface area contributed by atoms with Crippen molar-refractivity contribution in [2.45, 2.75) is 18.7 Å². The van der Waals surface area contributed by atoms with Crippen LogP contribution in [-0.2, 0) is 11.0 Å². The van der Waals surface area contributed by atoms with E-state index < -0.39 is 29.5 Å². The molecule has 0 aromatic heterocycles. The molecule has 122 valence electrons. The number of phenols is 1. The Hall–Kier alpha value is -2.54. The second-order valence-corrected chi connectivity index (χ2v) is 4.91. The topological polar surface area (TPSA) is 69.6 Å². The lowest BCUT2D eigenvalue weighted by Crippen LogP contribution is -2.16. The van der Waals surface area contributed by atoms with Gasteiger partial charge >= 0.3 is 6.18 Å². The summed E-state index contributed by atoms with van der Waals surface area (Å²) in [5.74, 6) is -1.56. The van der Waals surface area contributed by atoms with Gasteiger partial charge in [0.25, 0.3) is 0 Å². The van der Waals surface area contributed by atoms with E-state index in [0.717, 1.165) is 12.1 Å². The number of hydrogen-bond donors (Lipinski definition) is 3. The summed E-state index contributed by atoms with van der Waals surface area (Å²) in [5, 5.41) is 21.4. The minimum Gasteiger partial charge on any atom is -0.507 e. The maximum Gasteiger partial charge on any atom is 0.420 e. The summed E-state index contributed by atoms with van der Waals surface area (Å²) >= 11 is 0. The molecule has 0 aliphatic rings. The molecular weight excluding hydrogens is 311 g/mol. The number of aliphatic hydroxyl groups excluding tert-OH is 1. The highest BCUT2D eigenvalue weighted by molar-refractivity contribution is 5.91. The molecule has 1 unspecified atom stereocenters. The molecule has 1 amide bonds. The molecule has 7 heteroatoms. The third-order valence-electron chi connectivity index (χ3n) is 3.15. The molecule has 0 radical (unpaired) electrons. The van der Waals surface area contributed by atoms with Crippen molar-refractivity contribution in [2.75, 3.05) is 5.32 Å². The number of hydrogen-bond acceptors (Lipinski definition) is 3. The van der Waals surface area contributed by atoms with Crippen molar-refractivity contribution in [2.24, 2.45) is 0 Å². The molecule has 0 aliphatic carbocycles. The molecular formula is C16H14F3NO3. The number of aromatic hydroxyl groups is 1. The molecule has 2 aromatic rings. The van der Waals surface area contributed by atoms with Gasteiger partial charge in [-0.1, -0.05) is 30.3 Å². The first-order valence-electron chi connectivity index (χ1n) is 6.70. The van der Waals surface area contributed by atoms with E-state index in [0.29, 0.717) is 11.6 Å². The van der Waals surface area contributed by atoms with Gasteiger partial charge in [0.1, 0.15) is 5.75 Å². The number of carbonyl (C=O) groups excluding carboxylic acids is 1. The number of rotatable bonds is 4. The minimum atomic E-state index is -4.73. The van der Waals surface area contributed by atoms with Crippen molar-refractivity contribution in [3.05, 3.63) is 59.7 Å². The number of amides is 1. The molecule has 1 atom stereocenters. The van der Waals surface area contributed by atoms with Crippen LogP contribution in [0.4, 0.5) is 18.9 Å². The van der Waals surface area contributed by atoms with Gasteiger partial charge < -0.3 is 15.5 Å². The summed E-state index contributed by atoms with van der Waals surface area (Å²) in [6.07, 6.45) is -6.09. The van der Waals surface area contributed by atoms with Gasteiger partial charge in [0.2, 0.25) is 5.91 Å². The van der Waals surface area contributed by atoms with Crippen molar-refractivity contribution in [3.8, 4) is 5.75 Å². The molecule has 3 N–H and O–H groups in total. The molecule has 0 heterocycles. The fourth-order valence-corrected chi connectivity index (χ4v) is 2.02. The fraction of sp³-hybridized carbons (Fsp3) is 0.188. The summed E-state index contributed by atoms with van der Waals surface area (Å²) in [6.45, 7) is 0. The smallest absolute Gasteiger partial charge is 0.420 e. The van der Waals surface area contributed by atoms with Crippen LogP contribution in [0.15, 0.2) is 48.5 Å². The molecule has 4 nitrogen and oxygen atoms in total. The van der Waals surface area contributed by atoms with E-state index in [2.05, 4.69) is 5.32 Å². The monoisotopic (exact) mass is 325 g/mol. The molecule has 0 fully saturated rings. The predicted molar refractivity (Wildman–Crippen MR) is 77.8 cm³/mol. The maximum absolute atomic E-state index is 12.7. The fourth-order valence-electron chi connectivity index (χ4n) is 2.02. The lowest BCUT2D eigenvalue weighted by molar-refractivity contribution is -0.138. The molecule has 23 heavy (non-hydrogen) atoms. The summed E-state index contributed by atoms with van der Waals surface area (Å²) in [6, 6.07) is 11.1. The average molecular weight is 325 g/mol. The van der Waals surface area contributed by atoms with Gasteiger partial charge in [0, 0.05) is 5.69 Å². The Morgan fingerprint density at radius 3 is 2.39 bits per heavy atom. The van der Waals surface area contributed by atoms with E-state index >= 15 is 0 Å². The number of carbonyl (C=O) groups is 1. The zero-order chi connectivity index (χ0) is 17.0. The van der Waals surface area contributed by atoms with Gasteiger partial charge in [-0.05, 0) is 23.8 Å². The highest BCUT2D eigenvalue weighted by atomic mass is 19.4. The number of anilines is 1. The van der Waals surface area contributed by atoms with Crippen molar-refractivity contribution in [1.29, 1.82) is 0 Å². The second kappa shape index (κ2) is 6.70. The van der Waals surface area contributed by atoms with Crippen molar-refractivity contribution < 1.29 is 28.2 Å². The second-order valence-electron chi connectivity index (χ2n) is 4.91. The van der Waals surface area contributed by atoms with Gasteiger partial charge in [-0.3, -0.25) is 4.79 Å². The van der Waals surface area contributed by atoms with Gasteiger partial charge in [-0.15, -0.1) is 0 Å². The van der Waals surface area contributed by atoms with Crippen molar-refractivity contribution in [1.82, 2.24) is 0 Å². The Morgan fingerprint density at radius 2 is 1.78 bits per heavy atom. The van der Waals surface area contributed by atoms with Gasteiger partial charge in [-0.25, -0.2) is 0 Å². The minimum absolute atomic E-state index is 0.111. The van der Waals surface area contributed by atoms with E-state index in [1.54, 1.807) is 30.3 Å². The molecule has 0 spiro atoms. The van der Waals surface area contributed by atoms with Crippen molar-refractivity contribution >= 4 is 11.6 Å². The van der Waals surface area contributed by atoms with Crippen molar-refractivity contribution in [3.63, 3.8) is 0 Å². The van der Waals surface area contributed by atoms with E-state index in [9.17, 15) is 28.2 Å². The van der Waals surface area contributed by atoms with E-state index in [-0.39, 0.29) is 12.1 Å². The van der Waals surface area contributed by atoms with Crippen LogP contribution in [0, 0.1) is 0 Å². The first-order chi connectivity index (χ1) is 10.8. The Morgan fingerprint density at radius 1 is 1.13 bits per heavy atom. The number of aliphatic hydroxyl groups is 1. The van der Waals surface area contributed by atoms with Crippen LogP contribution in [0.3, 0.4) is 0 Å². The Bertz CT molecular complexity index is 687. The standard InChI is InChI=1S/C16H14F3NO3/c17-16(18,19)12-8-11(6-7-13(12)21)20-15(23)9-14(22)10-4-2-1-3-5-10/h1-8,14,21-22H,9H2,(H,20,23). The lowest BCUT2D eigenvalue weighted by Gasteiger charge is -2.13. The third kappa shape index (κ3) is 4.46. The third-order valence-corrected chi connectivity index (χ3v) is 3.15. The van der Waals surface area contributed by atoms with Gasteiger partial charge in [0.05, 0.1) is 18.1 Å². The molecule has 2 aromatic carbocycles. The quantitative estimate of drug-likeness (QED) is 0.754. The number of nitrogens with one attached hydrogen (secondary N) is 1. The van der Waals surface area contributed by atoms with E-state index in [1.165, 1.54) is 0 Å². The largest absolute Gasteiger partial charge is 0.507 e. The SMILES string of the molecule is O=C(CC(O)c1ccccc1)Nc1ccc(O)c(C(F)(F)F)c1. The molecule has 2 rings (SSSR count). The Kier molecular flexibility index (Phi) is 4.90. The number of halogens is 3. The van der Waals surface area contributed by atoms with Crippen LogP contribution >= 0.6 is 0 Å². The van der Waals surface area contributed by atoms with Crippen LogP contribution < -0.4 is 5.32 Å². The van der Waals surface area contributed by atoms with Crippen LogP contribution in [-0.4, -0.2) is 16.1 Å². The Balaban J connectivity index is 2.06.